The first kappa shape index (κ1) is 13.7. The number of hydrogen-bond donors (Lipinski definition) is 1. The molecular formula is C13H24N2S. The van der Waals surface area contributed by atoms with Crippen LogP contribution in [0.2, 0.25) is 0 Å². The summed E-state index contributed by atoms with van der Waals surface area (Å²) in [7, 11) is 0. The van der Waals surface area contributed by atoms with Gasteiger partial charge in [0.25, 0.3) is 0 Å². The van der Waals surface area contributed by atoms with Crippen molar-refractivity contribution >= 4 is 11.3 Å². The molecule has 0 aliphatic heterocycles. The van der Waals surface area contributed by atoms with Crippen molar-refractivity contribution in [1.82, 2.24) is 10.3 Å². The van der Waals surface area contributed by atoms with Gasteiger partial charge in [-0.1, -0.05) is 34.6 Å². The van der Waals surface area contributed by atoms with Crippen molar-refractivity contribution in [3.8, 4) is 0 Å². The lowest BCUT2D eigenvalue weighted by Crippen LogP contribution is -2.29. The van der Waals surface area contributed by atoms with Crippen LogP contribution < -0.4 is 5.32 Å². The Bertz CT molecular complexity index is 312. The van der Waals surface area contributed by atoms with Crippen LogP contribution in [0.15, 0.2) is 5.38 Å². The molecule has 0 fully saturated rings. The Morgan fingerprint density at radius 3 is 2.62 bits per heavy atom. The van der Waals surface area contributed by atoms with E-state index in [0.717, 1.165) is 19.5 Å². The fraction of sp³-hybridized carbons (Fsp3) is 0.769. The molecule has 2 nitrogen and oxygen atoms in total. The standard InChI is InChI=1S/C13H24N2S/c1-6-12-15-11(9-16-12)8-14-7-10(2)13(3,4)5/h9-10,14H,6-8H2,1-5H3. The van der Waals surface area contributed by atoms with E-state index in [4.69, 9.17) is 0 Å². The SMILES string of the molecule is CCc1nc(CNCC(C)C(C)(C)C)cs1. The first-order chi connectivity index (χ1) is 7.43. The van der Waals surface area contributed by atoms with Crippen LogP contribution in [-0.4, -0.2) is 11.5 Å². The van der Waals surface area contributed by atoms with Gasteiger partial charge in [-0.3, -0.25) is 0 Å². The highest BCUT2D eigenvalue weighted by atomic mass is 32.1. The van der Waals surface area contributed by atoms with E-state index in [1.165, 1.54) is 10.7 Å². The summed E-state index contributed by atoms with van der Waals surface area (Å²) >= 11 is 1.76. The van der Waals surface area contributed by atoms with Gasteiger partial charge in [-0.05, 0) is 24.3 Å². The van der Waals surface area contributed by atoms with Crippen molar-refractivity contribution in [2.75, 3.05) is 6.54 Å². The first-order valence-electron chi connectivity index (χ1n) is 6.07. The Balaban J connectivity index is 2.30. The number of rotatable bonds is 5. The Hall–Kier alpha value is -0.410. The lowest BCUT2D eigenvalue weighted by Gasteiger charge is -2.27. The number of nitrogens with zero attached hydrogens (tertiary/aromatic N) is 1. The summed E-state index contributed by atoms with van der Waals surface area (Å²) in [4.78, 5) is 4.54. The number of thiazole rings is 1. The summed E-state index contributed by atoms with van der Waals surface area (Å²) in [6.45, 7) is 13.3. The molecule has 0 saturated heterocycles. The quantitative estimate of drug-likeness (QED) is 0.852. The maximum Gasteiger partial charge on any atom is 0.0926 e. The van der Waals surface area contributed by atoms with Gasteiger partial charge in [-0.15, -0.1) is 11.3 Å². The van der Waals surface area contributed by atoms with E-state index in [2.05, 4.69) is 50.3 Å². The van der Waals surface area contributed by atoms with E-state index < -0.39 is 0 Å². The second-order valence-corrected chi connectivity index (χ2v) is 6.43. The van der Waals surface area contributed by atoms with Crippen molar-refractivity contribution < 1.29 is 0 Å². The zero-order chi connectivity index (χ0) is 12.2. The summed E-state index contributed by atoms with van der Waals surface area (Å²) in [5.41, 5.74) is 1.56. The molecule has 1 aromatic heterocycles. The fourth-order valence-corrected chi connectivity index (χ4v) is 2.06. The van der Waals surface area contributed by atoms with Crippen LogP contribution in [0, 0.1) is 11.3 Å². The normalized spacial score (nSPS) is 14.1. The largest absolute Gasteiger partial charge is 0.311 e. The average molecular weight is 240 g/mol. The number of nitrogens with one attached hydrogen (secondary N) is 1. The van der Waals surface area contributed by atoms with Gasteiger partial charge >= 0.3 is 0 Å². The van der Waals surface area contributed by atoms with Crippen LogP contribution in [0.25, 0.3) is 0 Å². The number of aryl methyl sites for hydroxylation is 1. The van der Waals surface area contributed by atoms with Gasteiger partial charge in [0.1, 0.15) is 0 Å². The van der Waals surface area contributed by atoms with Gasteiger partial charge in [0, 0.05) is 11.9 Å². The Morgan fingerprint density at radius 1 is 1.44 bits per heavy atom. The summed E-state index contributed by atoms with van der Waals surface area (Å²) < 4.78 is 0. The molecule has 92 valence electrons. The minimum atomic E-state index is 0.379. The Labute approximate surface area is 103 Å². The highest BCUT2D eigenvalue weighted by Crippen LogP contribution is 2.24. The van der Waals surface area contributed by atoms with Crippen molar-refractivity contribution in [2.45, 2.75) is 47.6 Å². The third-order valence-corrected chi connectivity index (χ3v) is 4.18. The maximum absolute atomic E-state index is 4.54. The second kappa shape index (κ2) is 5.78. The van der Waals surface area contributed by atoms with Crippen LogP contribution in [0.4, 0.5) is 0 Å². The van der Waals surface area contributed by atoms with E-state index in [1.54, 1.807) is 11.3 Å². The summed E-state index contributed by atoms with van der Waals surface area (Å²) in [5.74, 6) is 0.678. The van der Waals surface area contributed by atoms with Crippen LogP contribution in [-0.2, 0) is 13.0 Å². The minimum absolute atomic E-state index is 0.379. The Kier molecular flexibility index (Phi) is 4.93. The molecule has 1 N–H and O–H groups in total. The highest BCUT2D eigenvalue weighted by Gasteiger charge is 2.19. The zero-order valence-electron chi connectivity index (χ0n) is 11.1. The van der Waals surface area contributed by atoms with Crippen molar-refractivity contribution in [3.63, 3.8) is 0 Å². The molecule has 0 aliphatic rings. The predicted octanol–water partition coefficient (Wildman–Crippen LogP) is 3.48. The monoisotopic (exact) mass is 240 g/mol. The first-order valence-corrected chi connectivity index (χ1v) is 6.95. The Morgan fingerprint density at radius 2 is 2.12 bits per heavy atom. The van der Waals surface area contributed by atoms with E-state index in [0.29, 0.717) is 11.3 Å². The molecule has 0 aliphatic carbocycles. The van der Waals surface area contributed by atoms with E-state index >= 15 is 0 Å². The molecule has 3 heteroatoms. The molecule has 1 atom stereocenters. The van der Waals surface area contributed by atoms with Crippen LogP contribution in [0.1, 0.15) is 45.3 Å². The average Bonchev–Trinajstić information content (AvgIpc) is 2.64. The van der Waals surface area contributed by atoms with E-state index in [-0.39, 0.29) is 0 Å². The van der Waals surface area contributed by atoms with Gasteiger partial charge in [0.05, 0.1) is 10.7 Å². The van der Waals surface area contributed by atoms with Crippen molar-refractivity contribution in [3.05, 3.63) is 16.1 Å². The maximum atomic E-state index is 4.54. The third-order valence-electron chi connectivity index (χ3n) is 3.14. The summed E-state index contributed by atoms with van der Waals surface area (Å²) in [6, 6.07) is 0. The van der Waals surface area contributed by atoms with E-state index in [9.17, 15) is 0 Å². The van der Waals surface area contributed by atoms with Crippen LogP contribution in [0.3, 0.4) is 0 Å². The van der Waals surface area contributed by atoms with E-state index in [1.807, 2.05) is 0 Å². The number of aromatic nitrogens is 1. The lowest BCUT2D eigenvalue weighted by atomic mass is 9.82. The predicted molar refractivity (Wildman–Crippen MR) is 71.8 cm³/mol. The third kappa shape index (κ3) is 4.22. The molecule has 16 heavy (non-hydrogen) atoms. The zero-order valence-corrected chi connectivity index (χ0v) is 11.9. The van der Waals surface area contributed by atoms with Crippen molar-refractivity contribution in [1.29, 1.82) is 0 Å². The summed E-state index contributed by atoms with van der Waals surface area (Å²) in [5, 5.41) is 6.89. The van der Waals surface area contributed by atoms with Gasteiger partial charge in [0.2, 0.25) is 0 Å². The van der Waals surface area contributed by atoms with Crippen molar-refractivity contribution in [2.24, 2.45) is 11.3 Å². The van der Waals surface area contributed by atoms with Gasteiger partial charge in [-0.2, -0.15) is 0 Å². The molecule has 1 unspecified atom stereocenters. The van der Waals surface area contributed by atoms with Crippen LogP contribution >= 0.6 is 11.3 Å². The minimum Gasteiger partial charge on any atom is -0.311 e. The molecule has 0 aromatic carbocycles. The molecule has 1 aromatic rings. The van der Waals surface area contributed by atoms with Gasteiger partial charge in [0.15, 0.2) is 0 Å². The molecule has 0 radical (unpaired) electrons. The topological polar surface area (TPSA) is 24.9 Å². The summed E-state index contributed by atoms with van der Waals surface area (Å²) in [6.07, 6.45) is 1.04. The molecule has 0 spiro atoms. The van der Waals surface area contributed by atoms with Crippen LogP contribution in [0.5, 0.6) is 0 Å². The molecule has 1 rings (SSSR count). The number of hydrogen-bond acceptors (Lipinski definition) is 3. The molecule has 0 amide bonds. The highest BCUT2D eigenvalue weighted by molar-refractivity contribution is 7.09. The molecule has 0 bridgehead atoms. The second-order valence-electron chi connectivity index (χ2n) is 5.48. The fourth-order valence-electron chi connectivity index (χ4n) is 1.32. The van der Waals surface area contributed by atoms with Gasteiger partial charge in [-0.25, -0.2) is 4.98 Å². The smallest absolute Gasteiger partial charge is 0.0926 e. The van der Waals surface area contributed by atoms with Gasteiger partial charge < -0.3 is 5.32 Å². The lowest BCUT2D eigenvalue weighted by molar-refractivity contribution is 0.252. The molecule has 0 saturated carbocycles. The molecular weight excluding hydrogens is 216 g/mol. The molecule has 1 heterocycles.